The molecule has 0 aliphatic carbocycles. The van der Waals surface area contributed by atoms with Gasteiger partial charge in [0.15, 0.2) is 0 Å². The molecule has 0 spiro atoms. The minimum Gasteiger partial charge on any atom is -0.494 e. The number of benzene rings is 2. The van der Waals surface area contributed by atoms with Crippen molar-refractivity contribution in [2.75, 3.05) is 31.7 Å². The van der Waals surface area contributed by atoms with Crippen molar-refractivity contribution in [2.24, 2.45) is 0 Å². The number of nitrogens with one attached hydrogen (secondary N) is 1. The number of rotatable bonds is 12. The van der Waals surface area contributed by atoms with Crippen LogP contribution in [0.4, 0.5) is 10.1 Å². The Labute approximate surface area is 188 Å². The molecule has 1 aliphatic heterocycles. The van der Waals surface area contributed by atoms with Gasteiger partial charge in [-0.25, -0.2) is 4.39 Å². The molecular weight excluding hydrogens is 411 g/mol. The van der Waals surface area contributed by atoms with Crippen LogP contribution in [-0.4, -0.2) is 43.1 Å². The molecule has 0 unspecified atom stereocenters. The first-order chi connectivity index (χ1) is 15.5. The maximum absolute atomic E-state index is 13.7. The van der Waals surface area contributed by atoms with Gasteiger partial charge in [0.2, 0.25) is 0 Å². The third kappa shape index (κ3) is 5.73. The predicted octanol–water partition coefficient (Wildman–Crippen LogP) is 4.62. The van der Waals surface area contributed by atoms with Gasteiger partial charge < -0.3 is 14.8 Å². The SMILES string of the molecule is CCCCOCCCN1C(=O)C(Nc2cccc(F)c2)=C(c2ccc(OCC)cc2)C1=O. The second kappa shape index (κ2) is 11.4. The Bertz CT molecular complexity index is 972. The number of halogens is 1. The van der Waals surface area contributed by atoms with Crippen LogP contribution in [0.3, 0.4) is 0 Å². The number of carbonyl (C=O) groups is 2. The predicted molar refractivity (Wildman–Crippen MR) is 122 cm³/mol. The van der Waals surface area contributed by atoms with Gasteiger partial charge in [0.05, 0.1) is 12.2 Å². The lowest BCUT2D eigenvalue weighted by molar-refractivity contribution is -0.137. The molecule has 1 N–H and O–H groups in total. The van der Waals surface area contributed by atoms with Crippen molar-refractivity contribution >= 4 is 23.1 Å². The number of unbranched alkanes of at least 4 members (excludes halogenated alkanes) is 1. The Balaban J connectivity index is 1.83. The number of anilines is 1. The summed E-state index contributed by atoms with van der Waals surface area (Å²) in [4.78, 5) is 27.6. The number of hydrogen-bond donors (Lipinski definition) is 1. The summed E-state index contributed by atoms with van der Waals surface area (Å²) in [5, 5.41) is 2.96. The van der Waals surface area contributed by atoms with Crippen molar-refractivity contribution < 1.29 is 23.5 Å². The molecule has 6 nitrogen and oxygen atoms in total. The summed E-state index contributed by atoms with van der Waals surface area (Å²) >= 11 is 0. The number of imide groups is 1. The fourth-order valence-electron chi connectivity index (χ4n) is 3.43. The number of amides is 2. The first kappa shape index (κ1) is 23.5. The minimum atomic E-state index is -0.434. The van der Waals surface area contributed by atoms with Crippen LogP contribution in [0.25, 0.3) is 5.57 Å². The van der Waals surface area contributed by atoms with Crippen LogP contribution in [0, 0.1) is 5.82 Å². The fourth-order valence-corrected chi connectivity index (χ4v) is 3.43. The summed E-state index contributed by atoms with van der Waals surface area (Å²) in [6.07, 6.45) is 2.57. The molecule has 0 saturated heterocycles. The van der Waals surface area contributed by atoms with Crippen molar-refractivity contribution in [3.8, 4) is 5.75 Å². The molecule has 0 bridgehead atoms. The van der Waals surface area contributed by atoms with Crippen molar-refractivity contribution in [1.29, 1.82) is 0 Å². The van der Waals surface area contributed by atoms with Crippen LogP contribution in [0.1, 0.15) is 38.7 Å². The zero-order chi connectivity index (χ0) is 22.9. The standard InChI is InChI=1S/C25H29FN2O4/c1-3-5-15-31-16-7-14-28-24(29)22(18-10-12-21(13-11-18)32-4-2)23(25(28)30)27-20-9-6-8-19(26)17-20/h6,8-13,17,27H,3-5,7,14-16H2,1-2H3. The highest BCUT2D eigenvalue weighted by atomic mass is 19.1. The monoisotopic (exact) mass is 440 g/mol. The van der Waals surface area contributed by atoms with Gasteiger partial charge in [0.25, 0.3) is 11.8 Å². The first-order valence-electron chi connectivity index (χ1n) is 11.0. The lowest BCUT2D eigenvalue weighted by atomic mass is 10.0. The highest BCUT2D eigenvalue weighted by molar-refractivity contribution is 6.36. The summed E-state index contributed by atoms with van der Waals surface area (Å²) in [6, 6.07) is 12.8. The molecule has 0 aromatic heterocycles. The zero-order valence-corrected chi connectivity index (χ0v) is 18.5. The van der Waals surface area contributed by atoms with Crippen LogP contribution >= 0.6 is 0 Å². The Hall–Kier alpha value is -3.19. The van der Waals surface area contributed by atoms with Gasteiger partial charge in [-0.3, -0.25) is 14.5 Å². The van der Waals surface area contributed by atoms with Gasteiger partial charge in [-0.05, 0) is 55.7 Å². The topological polar surface area (TPSA) is 67.9 Å². The smallest absolute Gasteiger partial charge is 0.278 e. The van der Waals surface area contributed by atoms with Crippen molar-refractivity contribution in [2.45, 2.75) is 33.1 Å². The van der Waals surface area contributed by atoms with E-state index in [0.717, 1.165) is 12.8 Å². The second-order valence-electron chi connectivity index (χ2n) is 7.42. The number of carbonyl (C=O) groups excluding carboxylic acids is 2. The summed E-state index contributed by atoms with van der Waals surface area (Å²) in [6.45, 7) is 5.90. The fraction of sp³-hybridized carbons (Fsp3) is 0.360. The van der Waals surface area contributed by atoms with E-state index in [2.05, 4.69) is 12.2 Å². The summed E-state index contributed by atoms with van der Waals surface area (Å²) < 4.78 is 24.7. The van der Waals surface area contributed by atoms with Crippen LogP contribution in [0.15, 0.2) is 54.2 Å². The Morgan fingerprint density at radius 1 is 0.969 bits per heavy atom. The molecule has 2 aromatic carbocycles. The van der Waals surface area contributed by atoms with Crippen molar-refractivity contribution in [1.82, 2.24) is 4.90 Å². The third-order valence-corrected chi connectivity index (χ3v) is 5.03. The highest BCUT2D eigenvalue weighted by Gasteiger charge is 2.38. The number of ether oxygens (including phenoxy) is 2. The number of nitrogens with zero attached hydrogens (tertiary/aromatic N) is 1. The maximum atomic E-state index is 13.7. The van der Waals surface area contributed by atoms with E-state index in [9.17, 15) is 14.0 Å². The Morgan fingerprint density at radius 3 is 2.41 bits per heavy atom. The van der Waals surface area contributed by atoms with E-state index >= 15 is 0 Å². The van der Waals surface area contributed by atoms with Crippen molar-refractivity contribution in [3.05, 3.63) is 65.6 Å². The molecule has 7 heteroatoms. The molecular formula is C25H29FN2O4. The zero-order valence-electron chi connectivity index (χ0n) is 18.5. The van der Waals surface area contributed by atoms with Crippen LogP contribution < -0.4 is 10.1 Å². The van der Waals surface area contributed by atoms with E-state index in [-0.39, 0.29) is 23.7 Å². The van der Waals surface area contributed by atoms with Gasteiger partial charge in [0, 0.05) is 25.4 Å². The first-order valence-corrected chi connectivity index (χ1v) is 11.0. The highest BCUT2D eigenvalue weighted by Crippen LogP contribution is 2.31. The second-order valence-corrected chi connectivity index (χ2v) is 7.42. The van der Waals surface area contributed by atoms with Gasteiger partial charge >= 0.3 is 0 Å². The van der Waals surface area contributed by atoms with Crippen LogP contribution in [0.5, 0.6) is 5.75 Å². The molecule has 32 heavy (non-hydrogen) atoms. The summed E-state index contributed by atoms with van der Waals surface area (Å²) in [5.74, 6) is -0.575. The lowest BCUT2D eigenvalue weighted by Crippen LogP contribution is -2.34. The Kier molecular flexibility index (Phi) is 8.39. The molecule has 2 aromatic rings. The van der Waals surface area contributed by atoms with E-state index < -0.39 is 11.7 Å². The largest absolute Gasteiger partial charge is 0.494 e. The molecule has 0 saturated carbocycles. The molecule has 3 rings (SSSR count). The van der Waals surface area contributed by atoms with E-state index in [0.29, 0.717) is 43.2 Å². The molecule has 0 atom stereocenters. The van der Waals surface area contributed by atoms with Crippen LogP contribution in [-0.2, 0) is 14.3 Å². The van der Waals surface area contributed by atoms with Crippen LogP contribution in [0.2, 0.25) is 0 Å². The summed E-state index contributed by atoms with van der Waals surface area (Å²) in [7, 11) is 0. The van der Waals surface area contributed by atoms with Crippen molar-refractivity contribution in [3.63, 3.8) is 0 Å². The van der Waals surface area contributed by atoms with Gasteiger partial charge in [-0.1, -0.05) is 31.5 Å². The van der Waals surface area contributed by atoms with E-state index in [1.165, 1.54) is 17.0 Å². The van der Waals surface area contributed by atoms with E-state index in [1.807, 2.05) is 6.92 Å². The molecule has 1 aliphatic rings. The quantitative estimate of drug-likeness (QED) is 0.385. The number of hydrogen-bond acceptors (Lipinski definition) is 5. The van der Waals surface area contributed by atoms with Gasteiger partial charge in [0.1, 0.15) is 17.3 Å². The molecule has 1 heterocycles. The Morgan fingerprint density at radius 2 is 1.72 bits per heavy atom. The normalized spacial score (nSPS) is 13.8. The molecule has 0 radical (unpaired) electrons. The minimum absolute atomic E-state index is 0.136. The third-order valence-electron chi connectivity index (χ3n) is 5.03. The summed E-state index contributed by atoms with van der Waals surface area (Å²) in [5.41, 5.74) is 1.38. The van der Waals surface area contributed by atoms with E-state index in [4.69, 9.17) is 9.47 Å². The average molecular weight is 441 g/mol. The average Bonchev–Trinajstić information content (AvgIpc) is 3.01. The van der Waals surface area contributed by atoms with Gasteiger partial charge in [-0.15, -0.1) is 0 Å². The lowest BCUT2D eigenvalue weighted by Gasteiger charge is -2.15. The van der Waals surface area contributed by atoms with Gasteiger partial charge in [-0.2, -0.15) is 0 Å². The molecule has 170 valence electrons. The maximum Gasteiger partial charge on any atom is 0.278 e. The molecule has 0 fully saturated rings. The van der Waals surface area contributed by atoms with E-state index in [1.54, 1.807) is 36.4 Å². The molecule has 2 amide bonds.